The van der Waals surface area contributed by atoms with Gasteiger partial charge in [-0.05, 0) is 54.6 Å². The maximum absolute atomic E-state index is 13.5. The summed E-state index contributed by atoms with van der Waals surface area (Å²) >= 11 is 1.67. The number of aromatic nitrogens is 2. The van der Waals surface area contributed by atoms with Crippen molar-refractivity contribution in [2.45, 2.75) is 30.3 Å². The Morgan fingerprint density at radius 3 is 2.81 bits per heavy atom. The number of benzene rings is 2. The molecular formula is C20H18FN3O2S. The monoisotopic (exact) mass is 383 g/mol. The largest absolute Gasteiger partial charge is 0.337 e. The minimum atomic E-state index is -0.315. The molecule has 2 heterocycles. The second-order valence-corrected chi connectivity index (χ2v) is 7.27. The fraction of sp³-hybridized carbons (Fsp3) is 0.250. The quantitative estimate of drug-likeness (QED) is 0.609. The number of halogens is 1. The van der Waals surface area contributed by atoms with E-state index in [0.717, 1.165) is 16.0 Å². The van der Waals surface area contributed by atoms with Gasteiger partial charge in [-0.3, -0.25) is 4.79 Å². The SMILES string of the molecule is CSc1ccc(-c2noc(C3CCC(=O)N3Cc3cccc(F)c3)n2)cc1. The zero-order valence-electron chi connectivity index (χ0n) is 14.8. The fourth-order valence-corrected chi connectivity index (χ4v) is 3.66. The fourth-order valence-electron chi connectivity index (χ4n) is 3.25. The van der Waals surface area contributed by atoms with E-state index in [1.54, 1.807) is 28.8 Å². The van der Waals surface area contributed by atoms with Crippen LogP contribution in [0, 0.1) is 5.82 Å². The highest BCUT2D eigenvalue weighted by Crippen LogP contribution is 2.34. The number of carbonyl (C=O) groups excluding carboxylic acids is 1. The van der Waals surface area contributed by atoms with Gasteiger partial charge in [-0.2, -0.15) is 4.98 Å². The van der Waals surface area contributed by atoms with Crippen LogP contribution in [0.1, 0.15) is 30.3 Å². The Labute approximate surface area is 160 Å². The van der Waals surface area contributed by atoms with E-state index in [-0.39, 0.29) is 17.8 Å². The summed E-state index contributed by atoms with van der Waals surface area (Å²) in [6, 6.07) is 13.9. The first kappa shape index (κ1) is 17.7. The number of carbonyl (C=O) groups is 1. The summed E-state index contributed by atoms with van der Waals surface area (Å²) in [7, 11) is 0. The van der Waals surface area contributed by atoms with Gasteiger partial charge in [0.1, 0.15) is 11.9 Å². The zero-order valence-corrected chi connectivity index (χ0v) is 15.6. The van der Waals surface area contributed by atoms with Crippen molar-refractivity contribution >= 4 is 17.7 Å². The Bertz CT molecular complexity index is 958. The number of thioether (sulfide) groups is 1. The van der Waals surface area contributed by atoms with Crippen LogP contribution in [-0.2, 0) is 11.3 Å². The van der Waals surface area contributed by atoms with E-state index < -0.39 is 0 Å². The Balaban J connectivity index is 1.56. The lowest BCUT2D eigenvalue weighted by atomic mass is 10.1. The van der Waals surface area contributed by atoms with Crippen molar-refractivity contribution < 1.29 is 13.7 Å². The molecular weight excluding hydrogens is 365 g/mol. The number of nitrogens with zero attached hydrogens (tertiary/aromatic N) is 3. The lowest BCUT2D eigenvalue weighted by Crippen LogP contribution is -2.27. The van der Waals surface area contributed by atoms with Crippen LogP contribution >= 0.6 is 11.8 Å². The summed E-state index contributed by atoms with van der Waals surface area (Å²) in [6.45, 7) is 0.321. The van der Waals surface area contributed by atoms with Gasteiger partial charge in [0.25, 0.3) is 0 Å². The summed E-state index contributed by atoms with van der Waals surface area (Å²) in [6.07, 6.45) is 3.05. The molecule has 5 nitrogen and oxygen atoms in total. The highest BCUT2D eigenvalue weighted by Gasteiger charge is 2.36. The molecule has 1 aliphatic heterocycles. The molecule has 0 bridgehead atoms. The topological polar surface area (TPSA) is 59.2 Å². The Hall–Kier alpha value is -2.67. The molecule has 0 saturated carbocycles. The standard InChI is InChI=1S/C20H18FN3O2S/c1-27-16-7-5-14(6-8-16)19-22-20(26-23-19)17-9-10-18(25)24(17)12-13-3-2-4-15(21)11-13/h2-8,11,17H,9-10,12H2,1H3. The van der Waals surface area contributed by atoms with Gasteiger partial charge < -0.3 is 9.42 Å². The van der Waals surface area contributed by atoms with E-state index in [1.165, 1.54) is 12.1 Å². The molecule has 1 aliphatic rings. The van der Waals surface area contributed by atoms with Gasteiger partial charge in [0.05, 0.1) is 0 Å². The van der Waals surface area contributed by atoms with Crippen molar-refractivity contribution in [3.8, 4) is 11.4 Å². The number of amides is 1. The molecule has 2 aromatic carbocycles. The molecule has 1 unspecified atom stereocenters. The van der Waals surface area contributed by atoms with Gasteiger partial charge >= 0.3 is 0 Å². The van der Waals surface area contributed by atoms with E-state index in [4.69, 9.17) is 4.52 Å². The number of hydrogen-bond acceptors (Lipinski definition) is 5. The van der Waals surface area contributed by atoms with Crippen molar-refractivity contribution in [3.05, 3.63) is 65.8 Å². The molecule has 0 N–H and O–H groups in total. The number of likely N-dealkylation sites (tertiary alicyclic amines) is 1. The molecule has 138 valence electrons. The van der Waals surface area contributed by atoms with Crippen LogP contribution in [0.4, 0.5) is 4.39 Å². The molecule has 1 atom stereocenters. The van der Waals surface area contributed by atoms with Gasteiger partial charge in [-0.1, -0.05) is 17.3 Å². The smallest absolute Gasteiger partial charge is 0.249 e. The van der Waals surface area contributed by atoms with Gasteiger partial charge in [0.15, 0.2) is 0 Å². The van der Waals surface area contributed by atoms with Crippen molar-refractivity contribution in [1.29, 1.82) is 0 Å². The van der Waals surface area contributed by atoms with Crippen LogP contribution in [0.2, 0.25) is 0 Å². The van der Waals surface area contributed by atoms with Crippen molar-refractivity contribution in [1.82, 2.24) is 15.0 Å². The van der Waals surface area contributed by atoms with Crippen LogP contribution in [0.15, 0.2) is 57.9 Å². The summed E-state index contributed by atoms with van der Waals surface area (Å²) in [5, 5.41) is 4.08. The third-order valence-electron chi connectivity index (χ3n) is 4.65. The molecule has 1 saturated heterocycles. The molecule has 4 rings (SSSR count). The molecule has 1 amide bonds. The molecule has 3 aromatic rings. The average Bonchev–Trinajstić information content (AvgIpc) is 3.30. The van der Waals surface area contributed by atoms with Crippen LogP contribution < -0.4 is 0 Å². The van der Waals surface area contributed by atoms with E-state index in [1.807, 2.05) is 30.5 Å². The first-order valence-electron chi connectivity index (χ1n) is 8.66. The van der Waals surface area contributed by atoms with Crippen LogP contribution in [0.3, 0.4) is 0 Å². The Morgan fingerprint density at radius 1 is 1.26 bits per heavy atom. The van der Waals surface area contributed by atoms with Crippen LogP contribution in [0.5, 0.6) is 0 Å². The summed E-state index contributed by atoms with van der Waals surface area (Å²) < 4.78 is 18.9. The highest BCUT2D eigenvalue weighted by atomic mass is 32.2. The second kappa shape index (κ2) is 7.52. The number of hydrogen-bond donors (Lipinski definition) is 0. The second-order valence-electron chi connectivity index (χ2n) is 6.39. The molecule has 1 fully saturated rings. The van der Waals surface area contributed by atoms with Gasteiger partial charge in [-0.15, -0.1) is 11.8 Å². The highest BCUT2D eigenvalue weighted by molar-refractivity contribution is 7.98. The van der Waals surface area contributed by atoms with Crippen molar-refractivity contribution in [3.63, 3.8) is 0 Å². The minimum absolute atomic E-state index is 0.00772. The molecule has 27 heavy (non-hydrogen) atoms. The lowest BCUT2D eigenvalue weighted by molar-refractivity contribution is -0.130. The summed E-state index contributed by atoms with van der Waals surface area (Å²) in [5.41, 5.74) is 1.60. The first-order valence-corrected chi connectivity index (χ1v) is 9.88. The zero-order chi connectivity index (χ0) is 18.8. The number of rotatable bonds is 5. The normalized spacial score (nSPS) is 16.9. The van der Waals surface area contributed by atoms with Crippen molar-refractivity contribution in [2.24, 2.45) is 0 Å². The van der Waals surface area contributed by atoms with Crippen molar-refractivity contribution in [2.75, 3.05) is 6.26 Å². The predicted molar refractivity (Wildman–Crippen MR) is 100 cm³/mol. The Kier molecular flexibility index (Phi) is 4.94. The summed E-state index contributed by atoms with van der Waals surface area (Å²) in [4.78, 5) is 19.7. The minimum Gasteiger partial charge on any atom is -0.337 e. The van der Waals surface area contributed by atoms with Gasteiger partial charge in [-0.25, -0.2) is 4.39 Å². The maximum Gasteiger partial charge on any atom is 0.249 e. The average molecular weight is 383 g/mol. The Morgan fingerprint density at radius 2 is 2.07 bits per heavy atom. The molecule has 0 spiro atoms. The molecule has 0 radical (unpaired) electrons. The van der Waals surface area contributed by atoms with Crippen LogP contribution in [0.25, 0.3) is 11.4 Å². The maximum atomic E-state index is 13.5. The molecule has 7 heteroatoms. The van der Waals surface area contributed by atoms with E-state index in [9.17, 15) is 9.18 Å². The first-order chi connectivity index (χ1) is 13.1. The third-order valence-corrected chi connectivity index (χ3v) is 5.39. The van der Waals surface area contributed by atoms with E-state index >= 15 is 0 Å². The lowest BCUT2D eigenvalue weighted by Gasteiger charge is -2.22. The van der Waals surface area contributed by atoms with E-state index in [2.05, 4.69) is 10.1 Å². The summed E-state index contributed by atoms with van der Waals surface area (Å²) in [5.74, 6) is 0.613. The molecule has 0 aliphatic carbocycles. The van der Waals surface area contributed by atoms with Gasteiger partial charge in [0, 0.05) is 23.4 Å². The predicted octanol–water partition coefficient (Wildman–Crippen LogP) is 4.46. The van der Waals surface area contributed by atoms with E-state index in [0.29, 0.717) is 31.1 Å². The van der Waals surface area contributed by atoms with Crippen LogP contribution in [-0.4, -0.2) is 27.2 Å². The third kappa shape index (κ3) is 3.73. The van der Waals surface area contributed by atoms with Gasteiger partial charge in [0.2, 0.25) is 17.6 Å². The molecule has 1 aromatic heterocycles.